The first kappa shape index (κ1) is 14.4. The van der Waals surface area contributed by atoms with Gasteiger partial charge >= 0.3 is 0 Å². The van der Waals surface area contributed by atoms with Gasteiger partial charge in [0, 0.05) is 44.2 Å². The summed E-state index contributed by atoms with van der Waals surface area (Å²) in [6.07, 6.45) is 17.0. The molecule has 0 bridgehead atoms. The van der Waals surface area contributed by atoms with Crippen molar-refractivity contribution >= 4 is 11.9 Å². The van der Waals surface area contributed by atoms with Crippen molar-refractivity contribution in [1.29, 1.82) is 0 Å². The van der Waals surface area contributed by atoms with Gasteiger partial charge < -0.3 is 0 Å². The van der Waals surface area contributed by atoms with Gasteiger partial charge in [-0.15, -0.1) is 0 Å². The maximum absolute atomic E-state index is 4.68. The van der Waals surface area contributed by atoms with Crippen molar-refractivity contribution in [2.24, 2.45) is 15.9 Å². The lowest BCUT2D eigenvalue weighted by Crippen LogP contribution is -2.18. The second-order valence-electron chi connectivity index (χ2n) is 5.32. The molecule has 1 atom stereocenters. The molecule has 0 fully saturated rings. The van der Waals surface area contributed by atoms with Crippen LogP contribution in [0.25, 0.3) is 0 Å². The SMILES string of the molecule is C/C=C(\C=NC)C1=CN=C2C(Cc3cccnc3)=CC=CC12. The molecule has 0 radical (unpaired) electrons. The highest BCUT2D eigenvalue weighted by Crippen LogP contribution is 2.33. The maximum Gasteiger partial charge on any atom is 0.0552 e. The standard InChI is InChI=1S/C19H19N3/c1-3-15(12-20-2)18-13-22-19-16(7-4-8-17(18)19)10-14-6-5-9-21-11-14/h3-9,11-13,17H,10H2,1-2H3/b15-3+,20-12?. The number of aromatic nitrogens is 1. The highest BCUT2D eigenvalue weighted by atomic mass is 14.8. The number of rotatable bonds is 4. The van der Waals surface area contributed by atoms with Crippen LogP contribution in [0.5, 0.6) is 0 Å². The molecule has 0 N–H and O–H groups in total. The molecule has 2 aliphatic rings. The highest BCUT2D eigenvalue weighted by Gasteiger charge is 2.28. The van der Waals surface area contributed by atoms with Gasteiger partial charge in [0.15, 0.2) is 0 Å². The average molecular weight is 289 g/mol. The molecule has 0 saturated carbocycles. The molecule has 1 aromatic heterocycles. The van der Waals surface area contributed by atoms with E-state index in [2.05, 4.69) is 45.3 Å². The van der Waals surface area contributed by atoms with Crippen LogP contribution in [-0.4, -0.2) is 24.0 Å². The zero-order valence-corrected chi connectivity index (χ0v) is 12.9. The first-order valence-electron chi connectivity index (χ1n) is 7.46. The minimum Gasteiger partial charge on any atom is -0.296 e. The maximum atomic E-state index is 4.68. The number of hydrogen-bond donors (Lipinski definition) is 0. The van der Waals surface area contributed by atoms with Crippen LogP contribution in [0.2, 0.25) is 0 Å². The lowest BCUT2D eigenvalue weighted by Gasteiger charge is -2.20. The topological polar surface area (TPSA) is 37.6 Å². The van der Waals surface area contributed by atoms with Crippen molar-refractivity contribution in [2.75, 3.05) is 7.05 Å². The predicted molar refractivity (Wildman–Crippen MR) is 92.3 cm³/mol. The van der Waals surface area contributed by atoms with E-state index >= 15 is 0 Å². The largest absolute Gasteiger partial charge is 0.296 e. The van der Waals surface area contributed by atoms with Crippen molar-refractivity contribution in [1.82, 2.24) is 4.98 Å². The lowest BCUT2D eigenvalue weighted by atomic mass is 9.83. The Balaban J connectivity index is 1.83. The van der Waals surface area contributed by atoms with Gasteiger partial charge in [0.05, 0.1) is 5.71 Å². The normalized spacial score (nSPS) is 20.7. The summed E-state index contributed by atoms with van der Waals surface area (Å²) >= 11 is 0. The second kappa shape index (κ2) is 6.48. The Kier molecular flexibility index (Phi) is 4.24. The van der Waals surface area contributed by atoms with Crippen molar-refractivity contribution in [3.8, 4) is 0 Å². The molecule has 3 rings (SSSR count). The molecule has 0 spiro atoms. The summed E-state index contributed by atoms with van der Waals surface area (Å²) in [5, 5.41) is 0. The monoisotopic (exact) mass is 289 g/mol. The Labute approximate surface area is 131 Å². The Hall–Kier alpha value is -2.55. The van der Waals surface area contributed by atoms with E-state index < -0.39 is 0 Å². The van der Waals surface area contributed by atoms with Gasteiger partial charge in [-0.05, 0) is 35.3 Å². The van der Waals surface area contributed by atoms with Crippen LogP contribution < -0.4 is 0 Å². The van der Waals surface area contributed by atoms with Crippen LogP contribution >= 0.6 is 0 Å². The van der Waals surface area contributed by atoms with Gasteiger partial charge in [-0.2, -0.15) is 0 Å². The third kappa shape index (κ3) is 2.75. The van der Waals surface area contributed by atoms with E-state index in [0.29, 0.717) is 0 Å². The number of nitrogens with zero attached hydrogens (tertiary/aromatic N) is 3. The van der Waals surface area contributed by atoms with Crippen molar-refractivity contribution in [3.05, 3.63) is 77.3 Å². The van der Waals surface area contributed by atoms with E-state index in [-0.39, 0.29) is 5.92 Å². The molecule has 3 heteroatoms. The van der Waals surface area contributed by atoms with E-state index in [4.69, 9.17) is 0 Å². The first-order valence-corrected chi connectivity index (χ1v) is 7.46. The minimum atomic E-state index is 0.237. The molecule has 0 saturated heterocycles. The van der Waals surface area contributed by atoms with E-state index in [1.807, 2.05) is 31.6 Å². The van der Waals surface area contributed by atoms with Crippen LogP contribution in [-0.2, 0) is 6.42 Å². The van der Waals surface area contributed by atoms with Gasteiger partial charge in [-0.3, -0.25) is 15.0 Å². The van der Waals surface area contributed by atoms with Gasteiger partial charge in [0.1, 0.15) is 0 Å². The number of fused-ring (bicyclic) bond motifs is 1. The number of aliphatic imine (C=N–C) groups is 2. The van der Waals surface area contributed by atoms with Gasteiger partial charge in [0.25, 0.3) is 0 Å². The zero-order valence-electron chi connectivity index (χ0n) is 12.9. The molecule has 2 heterocycles. The summed E-state index contributed by atoms with van der Waals surface area (Å²) in [6.45, 7) is 2.04. The van der Waals surface area contributed by atoms with Crippen LogP contribution in [0.3, 0.4) is 0 Å². The van der Waals surface area contributed by atoms with Crippen LogP contribution in [0.15, 0.2) is 81.7 Å². The molecule has 22 heavy (non-hydrogen) atoms. The first-order chi connectivity index (χ1) is 10.8. The lowest BCUT2D eigenvalue weighted by molar-refractivity contribution is 1.04. The third-order valence-electron chi connectivity index (χ3n) is 3.93. The molecule has 3 nitrogen and oxygen atoms in total. The molecule has 0 aromatic carbocycles. The molecule has 1 unspecified atom stereocenters. The fraction of sp³-hybridized carbons (Fsp3) is 0.211. The van der Waals surface area contributed by atoms with Crippen molar-refractivity contribution in [3.63, 3.8) is 0 Å². The summed E-state index contributed by atoms with van der Waals surface area (Å²) in [4.78, 5) is 13.0. The average Bonchev–Trinajstić information content (AvgIpc) is 2.99. The minimum absolute atomic E-state index is 0.237. The molecular weight excluding hydrogens is 270 g/mol. The van der Waals surface area contributed by atoms with Crippen LogP contribution in [0, 0.1) is 5.92 Å². The van der Waals surface area contributed by atoms with Crippen molar-refractivity contribution in [2.45, 2.75) is 13.3 Å². The number of pyridine rings is 1. The molecule has 1 aliphatic heterocycles. The van der Waals surface area contributed by atoms with E-state index in [1.165, 1.54) is 16.7 Å². The Morgan fingerprint density at radius 3 is 3.05 bits per heavy atom. The van der Waals surface area contributed by atoms with E-state index in [0.717, 1.165) is 17.7 Å². The van der Waals surface area contributed by atoms with Gasteiger partial charge in [-0.1, -0.05) is 30.4 Å². The summed E-state index contributed by atoms with van der Waals surface area (Å²) < 4.78 is 0. The smallest absolute Gasteiger partial charge is 0.0552 e. The van der Waals surface area contributed by atoms with Gasteiger partial charge in [-0.25, -0.2) is 0 Å². The number of allylic oxidation sites excluding steroid dienone is 7. The van der Waals surface area contributed by atoms with E-state index in [1.54, 1.807) is 13.2 Å². The second-order valence-corrected chi connectivity index (χ2v) is 5.32. The molecule has 1 aliphatic carbocycles. The summed E-state index contributed by atoms with van der Waals surface area (Å²) in [5.74, 6) is 0.237. The van der Waals surface area contributed by atoms with E-state index in [9.17, 15) is 0 Å². The zero-order chi connectivity index (χ0) is 15.4. The summed E-state index contributed by atoms with van der Waals surface area (Å²) in [7, 11) is 1.80. The molecule has 1 aromatic rings. The third-order valence-corrected chi connectivity index (χ3v) is 3.93. The predicted octanol–water partition coefficient (Wildman–Crippen LogP) is 3.72. The summed E-state index contributed by atoms with van der Waals surface area (Å²) in [6, 6.07) is 4.08. The summed E-state index contributed by atoms with van der Waals surface area (Å²) in [5.41, 5.74) is 5.97. The number of hydrogen-bond acceptors (Lipinski definition) is 3. The van der Waals surface area contributed by atoms with Crippen molar-refractivity contribution < 1.29 is 0 Å². The quantitative estimate of drug-likeness (QED) is 0.778. The van der Waals surface area contributed by atoms with Crippen LogP contribution in [0.4, 0.5) is 0 Å². The Morgan fingerprint density at radius 1 is 1.41 bits per heavy atom. The molecular formula is C19H19N3. The molecule has 0 amide bonds. The molecule has 110 valence electrons. The Morgan fingerprint density at radius 2 is 2.32 bits per heavy atom. The van der Waals surface area contributed by atoms with Crippen LogP contribution in [0.1, 0.15) is 12.5 Å². The fourth-order valence-electron chi connectivity index (χ4n) is 2.87. The Bertz CT molecular complexity index is 731. The highest BCUT2D eigenvalue weighted by molar-refractivity contribution is 6.09. The fourth-order valence-corrected chi connectivity index (χ4v) is 2.87. The van der Waals surface area contributed by atoms with Gasteiger partial charge in [0.2, 0.25) is 0 Å².